The van der Waals surface area contributed by atoms with Gasteiger partial charge in [0.1, 0.15) is 0 Å². The van der Waals surface area contributed by atoms with Crippen molar-refractivity contribution in [2.75, 3.05) is 0 Å². The van der Waals surface area contributed by atoms with E-state index in [0.717, 1.165) is 5.56 Å². The van der Waals surface area contributed by atoms with E-state index in [2.05, 4.69) is 16.2 Å². The van der Waals surface area contributed by atoms with Gasteiger partial charge in [-0.05, 0) is 6.33 Å². The Bertz CT molecular complexity index is 181. The summed E-state index contributed by atoms with van der Waals surface area (Å²) in [6.07, 6.45) is 5.90. The van der Waals surface area contributed by atoms with Crippen LogP contribution in [0.15, 0.2) is 12.5 Å². The minimum absolute atomic E-state index is 0. The van der Waals surface area contributed by atoms with Crippen LogP contribution in [0.3, 0.4) is 0 Å². The average Bonchev–Trinajstić information content (AvgIpc) is 1.91. The van der Waals surface area contributed by atoms with Gasteiger partial charge in [0, 0.05) is 0 Å². The van der Waals surface area contributed by atoms with Crippen molar-refractivity contribution >= 4 is 6.47 Å². The van der Waals surface area contributed by atoms with Crippen LogP contribution in [0, 0.1) is 13.1 Å². The van der Waals surface area contributed by atoms with Crippen molar-refractivity contribution in [2.45, 2.75) is 6.92 Å². The Labute approximate surface area is 76.9 Å². The Morgan fingerprint density at radius 1 is 1.73 bits per heavy atom. The van der Waals surface area contributed by atoms with Crippen molar-refractivity contribution in [1.29, 1.82) is 0 Å². The van der Waals surface area contributed by atoms with Gasteiger partial charge < -0.3 is 15.1 Å². The second-order valence-electron chi connectivity index (χ2n) is 1.42. The summed E-state index contributed by atoms with van der Waals surface area (Å²) >= 11 is 0. The monoisotopic (exact) mass is 146 g/mol. The molecule has 0 aliphatic carbocycles. The molecule has 4 nitrogen and oxygen atoms in total. The van der Waals surface area contributed by atoms with E-state index in [9.17, 15) is 0 Å². The molecule has 5 heteroatoms. The van der Waals surface area contributed by atoms with E-state index < -0.39 is 0 Å². The summed E-state index contributed by atoms with van der Waals surface area (Å²) in [5.74, 6) is 0. The number of aryl methyl sites for hydroxylation is 1. The third-order valence-corrected chi connectivity index (χ3v) is 0.633. The Hall–Kier alpha value is -0.853. The Balaban J connectivity index is 0. The number of carboxylic acid groups (broad SMARTS) is 1. The van der Waals surface area contributed by atoms with Crippen LogP contribution in [0.4, 0.5) is 0 Å². The average molecular weight is 146 g/mol. The predicted octanol–water partition coefficient (Wildman–Crippen LogP) is -2.71. The molecule has 1 aromatic rings. The van der Waals surface area contributed by atoms with Crippen molar-refractivity contribution in [1.82, 2.24) is 9.97 Å². The van der Waals surface area contributed by atoms with Gasteiger partial charge in [0.05, 0.1) is 0 Å². The molecule has 1 heterocycles. The van der Waals surface area contributed by atoms with Gasteiger partial charge in [0.15, 0.2) is 0 Å². The Morgan fingerprint density at radius 3 is 2.45 bits per heavy atom. The first-order valence-corrected chi connectivity index (χ1v) is 2.53. The van der Waals surface area contributed by atoms with Crippen LogP contribution in [0.5, 0.6) is 0 Å². The fraction of sp³-hybridized carbons (Fsp3) is 0.167. The normalized spacial score (nSPS) is 6.64. The van der Waals surface area contributed by atoms with Crippen LogP contribution in [-0.4, -0.2) is 21.5 Å². The third-order valence-electron chi connectivity index (χ3n) is 0.633. The van der Waals surface area contributed by atoms with Gasteiger partial charge in [-0.1, -0.05) is 19.3 Å². The molecular weight excluding hydrogens is 139 g/mol. The number of aromatic nitrogens is 2. The molecule has 11 heavy (non-hydrogen) atoms. The molecule has 0 fully saturated rings. The number of carbonyl (C=O) groups is 1. The van der Waals surface area contributed by atoms with Crippen LogP contribution in [0.2, 0.25) is 0 Å². The van der Waals surface area contributed by atoms with Crippen LogP contribution in [0.1, 0.15) is 5.56 Å². The smallest absolute Gasteiger partial charge is 0.483 e. The molecule has 0 radical (unpaired) electrons. The maximum atomic E-state index is 8.36. The van der Waals surface area contributed by atoms with E-state index in [4.69, 9.17) is 9.90 Å². The molecule has 0 spiro atoms. The minimum Gasteiger partial charge on any atom is -0.483 e. The summed E-state index contributed by atoms with van der Waals surface area (Å²) < 4.78 is 0. The predicted molar refractivity (Wildman–Crippen MR) is 34.3 cm³/mol. The van der Waals surface area contributed by atoms with Crippen molar-refractivity contribution in [3.8, 4) is 0 Å². The zero-order valence-corrected chi connectivity index (χ0v) is 6.48. The van der Waals surface area contributed by atoms with Crippen LogP contribution in [-0.2, 0) is 4.79 Å². The van der Waals surface area contributed by atoms with Crippen LogP contribution in [0.25, 0.3) is 0 Å². The summed E-state index contributed by atoms with van der Waals surface area (Å²) in [5, 5.41) is 6.89. The van der Waals surface area contributed by atoms with Gasteiger partial charge in [-0.15, -0.1) is 5.56 Å². The van der Waals surface area contributed by atoms with Crippen LogP contribution >= 0.6 is 0 Å². The fourth-order valence-electron chi connectivity index (χ4n) is 0.338. The third kappa shape index (κ3) is 9.15. The van der Waals surface area contributed by atoms with E-state index in [-0.39, 0.29) is 25.3 Å². The minimum atomic E-state index is -0.250. The van der Waals surface area contributed by atoms with Gasteiger partial charge >= 0.3 is 18.9 Å². The molecule has 0 bridgehead atoms. The Kier molecular flexibility index (Phi) is 10.6. The first kappa shape index (κ1) is 12.8. The first-order valence-electron chi connectivity index (χ1n) is 2.53. The zero-order chi connectivity index (χ0) is 7.82. The molecule has 0 aliphatic rings. The second-order valence-corrected chi connectivity index (χ2v) is 1.42. The first-order chi connectivity index (χ1) is 4.81. The van der Waals surface area contributed by atoms with E-state index in [0.29, 0.717) is 0 Å². The van der Waals surface area contributed by atoms with Gasteiger partial charge in [-0.3, -0.25) is 4.79 Å². The summed E-state index contributed by atoms with van der Waals surface area (Å²) in [6.45, 7) is 1.65. The maximum absolute atomic E-state index is 8.36. The summed E-state index contributed by atoms with van der Waals surface area (Å²) in [4.78, 5) is 15.8. The molecule has 1 rings (SSSR count). The number of rotatable bonds is 0. The molecule has 0 aliphatic heterocycles. The van der Waals surface area contributed by atoms with Gasteiger partial charge in [-0.25, -0.2) is 0 Å². The Morgan fingerprint density at radius 2 is 2.27 bits per heavy atom. The molecule has 54 valence electrons. The van der Waals surface area contributed by atoms with Gasteiger partial charge in [0.2, 0.25) is 0 Å². The molecule has 0 saturated carbocycles. The van der Waals surface area contributed by atoms with E-state index in [1.165, 1.54) is 6.33 Å². The summed E-state index contributed by atoms with van der Waals surface area (Å²) in [5.41, 5.74) is 0.975. The molecule has 1 N–H and O–H groups in total. The SMILES string of the molecule is Cc1[c-]ncnc1.O=CO.[Li+]. The molecule has 0 amide bonds. The van der Waals surface area contributed by atoms with E-state index in [1.807, 2.05) is 6.92 Å². The van der Waals surface area contributed by atoms with Crippen LogP contribution < -0.4 is 18.9 Å². The maximum Gasteiger partial charge on any atom is 1.00 e. The largest absolute Gasteiger partial charge is 1.00 e. The van der Waals surface area contributed by atoms with Gasteiger partial charge in [0.25, 0.3) is 6.47 Å². The standard InChI is InChI=1S/C5H5N2.CH2O2.Li/c1-5-2-6-4-7-3-5;2-1-3;/h2,4H,1H3;1H,(H,2,3);/q-1;;+1. The van der Waals surface area contributed by atoms with Crippen molar-refractivity contribution < 1.29 is 28.8 Å². The van der Waals surface area contributed by atoms with Crippen molar-refractivity contribution in [3.05, 3.63) is 24.3 Å². The van der Waals surface area contributed by atoms with E-state index >= 15 is 0 Å². The quantitative estimate of drug-likeness (QED) is 0.245. The number of hydrogen-bond donors (Lipinski definition) is 1. The molecular formula is C6H7LiN2O2. The fourth-order valence-corrected chi connectivity index (χ4v) is 0.338. The summed E-state index contributed by atoms with van der Waals surface area (Å²) in [7, 11) is 0. The summed E-state index contributed by atoms with van der Waals surface area (Å²) in [6, 6.07) is 0. The molecule has 0 atom stereocenters. The second kappa shape index (κ2) is 9.15. The van der Waals surface area contributed by atoms with Crippen molar-refractivity contribution in [3.63, 3.8) is 0 Å². The molecule has 1 aromatic heterocycles. The molecule has 0 saturated heterocycles. The zero-order valence-electron chi connectivity index (χ0n) is 6.48. The van der Waals surface area contributed by atoms with Crippen molar-refractivity contribution in [2.24, 2.45) is 0 Å². The van der Waals surface area contributed by atoms with E-state index in [1.54, 1.807) is 6.20 Å². The molecule has 0 unspecified atom stereocenters. The van der Waals surface area contributed by atoms with Gasteiger partial charge in [-0.2, -0.15) is 0 Å². The number of hydrogen-bond acceptors (Lipinski definition) is 3. The topological polar surface area (TPSA) is 63.1 Å². The molecule has 0 aromatic carbocycles. The number of nitrogens with zero attached hydrogens (tertiary/aromatic N) is 2.